The third kappa shape index (κ3) is 3.27. The minimum atomic E-state index is -0.382. The lowest BCUT2D eigenvalue weighted by atomic mass is 10.1. The van der Waals surface area contributed by atoms with Crippen LogP contribution in [0.4, 0.5) is 0 Å². The molecule has 1 fully saturated rings. The zero-order valence-corrected chi connectivity index (χ0v) is 9.25. The van der Waals surface area contributed by atoms with Gasteiger partial charge in [0, 0.05) is 19.8 Å². The van der Waals surface area contributed by atoms with Crippen LogP contribution in [-0.2, 0) is 9.53 Å². The van der Waals surface area contributed by atoms with Crippen LogP contribution >= 0.6 is 0 Å². The summed E-state index contributed by atoms with van der Waals surface area (Å²) in [5.74, 6) is -0.0776. The third-order valence-corrected chi connectivity index (χ3v) is 2.27. The molecular weight excluding hydrogens is 180 g/mol. The molecule has 2 N–H and O–H groups in total. The second-order valence-electron chi connectivity index (χ2n) is 4.78. The molecule has 0 amide bonds. The van der Waals surface area contributed by atoms with Crippen LogP contribution in [0, 0.1) is 5.92 Å². The van der Waals surface area contributed by atoms with Gasteiger partial charge in [0.05, 0.1) is 5.92 Å². The second kappa shape index (κ2) is 4.28. The van der Waals surface area contributed by atoms with Crippen molar-refractivity contribution in [2.24, 2.45) is 11.7 Å². The van der Waals surface area contributed by atoms with Gasteiger partial charge >= 0.3 is 5.97 Å². The van der Waals surface area contributed by atoms with Gasteiger partial charge in [-0.1, -0.05) is 0 Å². The Bertz CT molecular complexity index is 211. The van der Waals surface area contributed by atoms with E-state index in [-0.39, 0.29) is 17.5 Å². The number of rotatable bonds is 2. The van der Waals surface area contributed by atoms with E-state index < -0.39 is 0 Å². The first-order chi connectivity index (χ1) is 6.42. The van der Waals surface area contributed by atoms with Gasteiger partial charge in [-0.15, -0.1) is 0 Å². The van der Waals surface area contributed by atoms with E-state index in [1.165, 1.54) is 0 Å². The fourth-order valence-corrected chi connectivity index (χ4v) is 1.58. The molecule has 0 unspecified atom stereocenters. The average molecular weight is 200 g/mol. The maximum Gasteiger partial charge on any atom is 0.310 e. The molecule has 0 aromatic carbocycles. The summed E-state index contributed by atoms with van der Waals surface area (Å²) in [5.41, 5.74) is 5.12. The van der Waals surface area contributed by atoms with Gasteiger partial charge in [0.2, 0.25) is 0 Å². The Morgan fingerprint density at radius 2 is 2.21 bits per heavy atom. The molecule has 4 nitrogen and oxygen atoms in total. The van der Waals surface area contributed by atoms with E-state index >= 15 is 0 Å². The molecule has 82 valence electrons. The minimum Gasteiger partial charge on any atom is -0.460 e. The van der Waals surface area contributed by atoms with Crippen molar-refractivity contribution in [3.05, 3.63) is 0 Å². The average Bonchev–Trinajstić information content (AvgIpc) is 2.48. The molecule has 1 aliphatic rings. The van der Waals surface area contributed by atoms with E-state index in [0.29, 0.717) is 6.67 Å². The Labute approximate surface area is 85.4 Å². The van der Waals surface area contributed by atoms with Crippen molar-refractivity contribution in [2.75, 3.05) is 19.8 Å². The maximum atomic E-state index is 11.6. The van der Waals surface area contributed by atoms with Gasteiger partial charge < -0.3 is 10.5 Å². The number of likely N-dealkylation sites (tertiary alicyclic amines) is 1. The molecule has 0 spiro atoms. The Morgan fingerprint density at radius 1 is 1.57 bits per heavy atom. The molecule has 1 saturated heterocycles. The first kappa shape index (κ1) is 11.5. The summed E-state index contributed by atoms with van der Waals surface area (Å²) in [6.07, 6.45) is 0.867. The zero-order valence-electron chi connectivity index (χ0n) is 9.25. The number of ether oxygens (including phenoxy) is 1. The van der Waals surface area contributed by atoms with Gasteiger partial charge in [-0.25, -0.2) is 0 Å². The van der Waals surface area contributed by atoms with Crippen molar-refractivity contribution in [1.82, 2.24) is 4.90 Å². The van der Waals surface area contributed by atoms with E-state index in [2.05, 4.69) is 4.90 Å². The summed E-state index contributed by atoms with van der Waals surface area (Å²) >= 11 is 0. The van der Waals surface area contributed by atoms with Gasteiger partial charge in [-0.2, -0.15) is 0 Å². The van der Waals surface area contributed by atoms with E-state index in [4.69, 9.17) is 10.5 Å². The van der Waals surface area contributed by atoms with Gasteiger partial charge in [0.1, 0.15) is 5.60 Å². The number of hydrogen-bond acceptors (Lipinski definition) is 4. The highest BCUT2D eigenvalue weighted by Crippen LogP contribution is 2.19. The molecule has 1 aliphatic heterocycles. The Morgan fingerprint density at radius 3 is 2.64 bits per heavy atom. The van der Waals surface area contributed by atoms with Crippen molar-refractivity contribution in [1.29, 1.82) is 0 Å². The molecule has 0 aromatic heterocycles. The van der Waals surface area contributed by atoms with E-state index in [0.717, 1.165) is 19.5 Å². The molecule has 4 heteroatoms. The van der Waals surface area contributed by atoms with E-state index in [1.54, 1.807) is 0 Å². The highest BCUT2D eigenvalue weighted by Gasteiger charge is 2.30. The fourth-order valence-electron chi connectivity index (χ4n) is 1.58. The summed E-state index contributed by atoms with van der Waals surface area (Å²) in [5, 5.41) is 0. The largest absolute Gasteiger partial charge is 0.460 e. The third-order valence-electron chi connectivity index (χ3n) is 2.27. The Hall–Kier alpha value is -0.610. The van der Waals surface area contributed by atoms with Crippen molar-refractivity contribution in [3.8, 4) is 0 Å². The molecule has 1 heterocycles. The summed E-state index contributed by atoms with van der Waals surface area (Å²) < 4.78 is 5.31. The zero-order chi connectivity index (χ0) is 10.8. The number of nitrogens with two attached hydrogens (primary N) is 1. The number of carbonyl (C=O) groups is 1. The van der Waals surface area contributed by atoms with Crippen molar-refractivity contribution < 1.29 is 9.53 Å². The van der Waals surface area contributed by atoms with E-state index in [1.807, 2.05) is 20.8 Å². The van der Waals surface area contributed by atoms with Gasteiger partial charge in [-0.3, -0.25) is 9.69 Å². The van der Waals surface area contributed by atoms with Crippen LogP contribution in [0.5, 0.6) is 0 Å². The van der Waals surface area contributed by atoms with Gasteiger partial charge in [-0.05, 0) is 27.2 Å². The molecule has 14 heavy (non-hydrogen) atoms. The van der Waals surface area contributed by atoms with Crippen LogP contribution in [-0.4, -0.2) is 36.2 Å². The predicted molar refractivity (Wildman–Crippen MR) is 54.6 cm³/mol. The normalized spacial score (nSPS) is 23.9. The first-order valence-corrected chi connectivity index (χ1v) is 5.07. The van der Waals surface area contributed by atoms with Gasteiger partial charge in [0.25, 0.3) is 0 Å². The lowest BCUT2D eigenvalue weighted by molar-refractivity contribution is -0.159. The van der Waals surface area contributed by atoms with E-state index in [9.17, 15) is 4.79 Å². The highest BCUT2D eigenvalue weighted by atomic mass is 16.6. The summed E-state index contributed by atoms with van der Waals surface area (Å²) in [6.45, 7) is 7.84. The summed E-state index contributed by atoms with van der Waals surface area (Å²) in [7, 11) is 0. The number of carbonyl (C=O) groups excluding carboxylic acids is 1. The molecule has 1 rings (SSSR count). The Balaban J connectivity index is 2.40. The summed E-state index contributed by atoms with van der Waals surface area (Å²) in [6, 6.07) is 0. The molecule has 0 bridgehead atoms. The highest BCUT2D eigenvalue weighted by molar-refractivity contribution is 5.73. The van der Waals surface area contributed by atoms with Crippen molar-refractivity contribution in [2.45, 2.75) is 32.8 Å². The quantitative estimate of drug-likeness (QED) is 0.662. The minimum absolute atomic E-state index is 0.0118. The van der Waals surface area contributed by atoms with Crippen molar-refractivity contribution in [3.63, 3.8) is 0 Å². The molecule has 1 atom stereocenters. The number of esters is 1. The van der Waals surface area contributed by atoms with Crippen LogP contribution in [0.25, 0.3) is 0 Å². The maximum absolute atomic E-state index is 11.6. The lowest BCUT2D eigenvalue weighted by Crippen LogP contribution is -2.32. The van der Waals surface area contributed by atoms with Crippen LogP contribution in [0.3, 0.4) is 0 Å². The van der Waals surface area contributed by atoms with Crippen LogP contribution in [0.1, 0.15) is 27.2 Å². The van der Waals surface area contributed by atoms with Crippen LogP contribution in [0.15, 0.2) is 0 Å². The van der Waals surface area contributed by atoms with Crippen molar-refractivity contribution >= 4 is 5.97 Å². The number of nitrogens with zero attached hydrogens (tertiary/aromatic N) is 1. The topological polar surface area (TPSA) is 55.6 Å². The smallest absolute Gasteiger partial charge is 0.310 e. The SMILES string of the molecule is CC(C)(C)OC(=O)[C@H]1CCN(CN)C1. The monoisotopic (exact) mass is 200 g/mol. The standard InChI is InChI=1S/C10H20N2O2/c1-10(2,3)14-9(13)8-4-5-12(6-8)7-11/h8H,4-7,11H2,1-3H3/t8-/m0/s1. The van der Waals surface area contributed by atoms with Crippen LogP contribution in [0.2, 0.25) is 0 Å². The lowest BCUT2D eigenvalue weighted by Gasteiger charge is -2.22. The second-order valence-corrected chi connectivity index (χ2v) is 4.78. The summed E-state index contributed by atoms with van der Waals surface area (Å²) in [4.78, 5) is 13.7. The fraction of sp³-hybridized carbons (Fsp3) is 0.900. The molecule has 0 aromatic rings. The van der Waals surface area contributed by atoms with Crippen LogP contribution < -0.4 is 5.73 Å². The van der Waals surface area contributed by atoms with Gasteiger partial charge in [0.15, 0.2) is 0 Å². The predicted octanol–water partition coefficient (Wildman–Crippen LogP) is 0.566. The number of hydrogen-bond donors (Lipinski definition) is 1. The Kier molecular flexibility index (Phi) is 3.50. The molecule has 0 radical (unpaired) electrons. The first-order valence-electron chi connectivity index (χ1n) is 5.07. The molecular formula is C10H20N2O2. The molecule has 0 saturated carbocycles. The molecule has 0 aliphatic carbocycles.